The molecule has 0 saturated heterocycles. The predicted molar refractivity (Wildman–Crippen MR) is 71.1 cm³/mol. The lowest BCUT2D eigenvalue weighted by atomic mass is 9.80. The van der Waals surface area contributed by atoms with Gasteiger partial charge >= 0.3 is 0 Å². The molecule has 0 aliphatic rings. The van der Waals surface area contributed by atoms with Gasteiger partial charge in [-0.3, -0.25) is 4.79 Å². The fraction of sp³-hybridized carbons (Fsp3) is 0.538. The van der Waals surface area contributed by atoms with Crippen LogP contribution in [0.4, 0.5) is 5.82 Å². The molecule has 0 saturated carbocycles. The van der Waals surface area contributed by atoms with Crippen LogP contribution in [-0.2, 0) is 4.79 Å². The molecule has 1 N–H and O–H groups in total. The van der Waals surface area contributed by atoms with E-state index >= 15 is 0 Å². The van der Waals surface area contributed by atoms with Gasteiger partial charge in [0.25, 0.3) is 0 Å². The second-order valence-electron chi connectivity index (χ2n) is 5.35. The van der Waals surface area contributed by atoms with Crippen LogP contribution in [0, 0.1) is 11.3 Å². The highest BCUT2D eigenvalue weighted by Crippen LogP contribution is 2.28. The quantitative estimate of drug-likeness (QED) is 0.893. The Bertz CT molecular complexity index is 399. The molecule has 1 aromatic heterocycles. The molecule has 1 atom stereocenters. The second kappa shape index (κ2) is 5.50. The highest BCUT2D eigenvalue weighted by Gasteiger charge is 2.22. The van der Waals surface area contributed by atoms with E-state index < -0.39 is 0 Å². The highest BCUT2D eigenvalue weighted by atomic mass is 35.5. The zero-order valence-electron chi connectivity index (χ0n) is 10.7. The van der Waals surface area contributed by atoms with Gasteiger partial charge in [0.05, 0.1) is 5.02 Å². The van der Waals surface area contributed by atoms with Crippen molar-refractivity contribution in [2.24, 2.45) is 11.3 Å². The van der Waals surface area contributed by atoms with Crippen molar-refractivity contribution in [1.29, 1.82) is 0 Å². The van der Waals surface area contributed by atoms with E-state index in [2.05, 4.69) is 38.0 Å². The predicted octanol–water partition coefficient (Wildman–Crippen LogP) is 3.75. The first-order valence-electron chi connectivity index (χ1n) is 5.71. The van der Waals surface area contributed by atoms with Crippen molar-refractivity contribution < 1.29 is 4.79 Å². The number of carbonyl (C=O) groups excluding carboxylic acids is 1. The van der Waals surface area contributed by atoms with Gasteiger partial charge in [0, 0.05) is 12.6 Å². The summed E-state index contributed by atoms with van der Waals surface area (Å²) in [6.07, 6.45) is 2.07. The van der Waals surface area contributed by atoms with Crippen LogP contribution in [0.25, 0.3) is 0 Å². The minimum Gasteiger partial charge on any atom is -0.309 e. The summed E-state index contributed by atoms with van der Waals surface area (Å²) in [7, 11) is 0. The molecule has 17 heavy (non-hydrogen) atoms. The summed E-state index contributed by atoms with van der Waals surface area (Å²) in [4.78, 5) is 15.8. The van der Waals surface area contributed by atoms with Gasteiger partial charge in [0.1, 0.15) is 0 Å². The minimum absolute atomic E-state index is 0.0481. The van der Waals surface area contributed by atoms with Gasteiger partial charge in [0.2, 0.25) is 5.91 Å². The van der Waals surface area contributed by atoms with Crippen molar-refractivity contribution in [3.8, 4) is 0 Å². The van der Waals surface area contributed by atoms with Crippen molar-refractivity contribution in [2.45, 2.75) is 34.1 Å². The average Bonchev–Trinajstić information content (AvgIpc) is 2.20. The van der Waals surface area contributed by atoms with Crippen molar-refractivity contribution in [3.63, 3.8) is 0 Å². The van der Waals surface area contributed by atoms with E-state index in [0.29, 0.717) is 23.2 Å². The molecule has 0 spiro atoms. The standard InChI is InChI=1S/C13H19ClN2O/c1-9(13(2,3)4)8-11(17)16-12-10(14)6-5-7-15-12/h5-7,9H,8H2,1-4H3,(H,15,16,17). The summed E-state index contributed by atoms with van der Waals surface area (Å²) in [6, 6.07) is 3.44. The maximum absolute atomic E-state index is 11.8. The molecule has 0 fully saturated rings. The van der Waals surface area contributed by atoms with E-state index in [1.54, 1.807) is 18.3 Å². The lowest BCUT2D eigenvalue weighted by molar-refractivity contribution is -0.117. The van der Waals surface area contributed by atoms with Crippen LogP contribution in [0.1, 0.15) is 34.1 Å². The maximum atomic E-state index is 11.8. The maximum Gasteiger partial charge on any atom is 0.225 e. The van der Waals surface area contributed by atoms with Crippen molar-refractivity contribution in [2.75, 3.05) is 5.32 Å². The van der Waals surface area contributed by atoms with E-state index in [-0.39, 0.29) is 11.3 Å². The number of pyridine rings is 1. The van der Waals surface area contributed by atoms with Crippen LogP contribution in [0.5, 0.6) is 0 Å². The first-order chi connectivity index (χ1) is 7.80. The Morgan fingerprint density at radius 1 is 1.53 bits per heavy atom. The lowest BCUT2D eigenvalue weighted by Crippen LogP contribution is -2.24. The smallest absolute Gasteiger partial charge is 0.225 e. The molecule has 4 heteroatoms. The van der Waals surface area contributed by atoms with Crippen molar-refractivity contribution in [3.05, 3.63) is 23.4 Å². The lowest BCUT2D eigenvalue weighted by Gasteiger charge is -2.26. The van der Waals surface area contributed by atoms with Gasteiger partial charge in [-0.15, -0.1) is 0 Å². The van der Waals surface area contributed by atoms with E-state index in [1.807, 2.05) is 0 Å². The Labute approximate surface area is 108 Å². The molecule has 1 aromatic rings. The van der Waals surface area contributed by atoms with E-state index in [0.717, 1.165) is 0 Å². The monoisotopic (exact) mass is 254 g/mol. The number of nitrogens with zero attached hydrogens (tertiary/aromatic N) is 1. The number of anilines is 1. The van der Waals surface area contributed by atoms with Gasteiger partial charge in [-0.1, -0.05) is 39.3 Å². The Hall–Kier alpha value is -1.09. The first-order valence-corrected chi connectivity index (χ1v) is 6.09. The average molecular weight is 255 g/mol. The Kier molecular flexibility index (Phi) is 4.52. The molecule has 1 unspecified atom stereocenters. The number of aromatic nitrogens is 1. The largest absolute Gasteiger partial charge is 0.309 e. The number of carbonyl (C=O) groups is 1. The first kappa shape index (κ1) is 14.0. The topological polar surface area (TPSA) is 42.0 Å². The summed E-state index contributed by atoms with van der Waals surface area (Å²) in [6.45, 7) is 8.44. The van der Waals surface area contributed by atoms with Crippen LogP contribution in [0.15, 0.2) is 18.3 Å². The van der Waals surface area contributed by atoms with Gasteiger partial charge < -0.3 is 5.32 Å². The highest BCUT2D eigenvalue weighted by molar-refractivity contribution is 6.33. The SMILES string of the molecule is CC(CC(=O)Nc1ncccc1Cl)C(C)(C)C. The molecule has 1 amide bonds. The van der Waals surface area contributed by atoms with Crippen LogP contribution in [0.3, 0.4) is 0 Å². The number of hydrogen-bond donors (Lipinski definition) is 1. The Balaban J connectivity index is 2.60. The van der Waals surface area contributed by atoms with Gasteiger partial charge in [0.15, 0.2) is 5.82 Å². The summed E-state index contributed by atoms with van der Waals surface area (Å²) in [5, 5.41) is 3.19. The molecular weight excluding hydrogens is 236 g/mol. The Morgan fingerprint density at radius 3 is 2.71 bits per heavy atom. The number of rotatable bonds is 3. The third-order valence-corrected chi connectivity index (χ3v) is 3.29. The van der Waals surface area contributed by atoms with Crippen molar-refractivity contribution >= 4 is 23.3 Å². The number of nitrogens with one attached hydrogen (secondary N) is 1. The molecule has 0 aliphatic carbocycles. The van der Waals surface area contributed by atoms with Crippen molar-refractivity contribution in [1.82, 2.24) is 4.98 Å². The normalized spacial score (nSPS) is 13.2. The number of hydrogen-bond acceptors (Lipinski definition) is 2. The van der Waals surface area contributed by atoms with E-state index in [9.17, 15) is 4.79 Å². The molecule has 1 rings (SSSR count). The van der Waals surface area contributed by atoms with Gasteiger partial charge in [-0.2, -0.15) is 0 Å². The zero-order chi connectivity index (χ0) is 13.1. The molecule has 0 aliphatic heterocycles. The summed E-state index contributed by atoms with van der Waals surface area (Å²) in [5.41, 5.74) is 0.116. The summed E-state index contributed by atoms with van der Waals surface area (Å²) >= 11 is 5.92. The molecule has 0 bridgehead atoms. The zero-order valence-corrected chi connectivity index (χ0v) is 11.5. The van der Waals surface area contributed by atoms with Crippen LogP contribution in [0.2, 0.25) is 5.02 Å². The Morgan fingerprint density at radius 2 is 2.18 bits per heavy atom. The van der Waals surface area contributed by atoms with Gasteiger partial charge in [-0.05, 0) is 23.5 Å². The van der Waals surface area contributed by atoms with Gasteiger partial charge in [-0.25, -0.2) is 4.98 Å². The van der Waals surface area contributed by atoms with Crippen LogP contribution < -0.4 is 5.32 Å². The molecule has 94 valence electrons. The van der Waals surface area contributed by atoms with E-state index in [1.165, 1.54) is 0 Å². The van der Waals surface area contributed by atoms with Crippen LogP contribution >= 0.6 is 11.6 Å². The molecule has 3 nitrogen and oxygen atoms in total. The fourth-order valence-corrected chi connectivity index (χ4v) is 1.41. The van der Waals surface area contributed by atoms with E-state index in [4.69, 9.17) is 11.6 Å². The molecule has 1 heterocycles. The third kappa shape index (κ3) is 4.35. The molecular formula is C13H19ClN2O. The number of halogens is 1. The molecule has 0 aromatic carbocycles. The third-order valence-electron chi connectivity index (χ3n) is 2.99. The number of amides is 1. The summed E-state index contributed by atoms with van der Waals surface area (Å²) < 4.78 is 0. The second-order valence-corrected chi connectivity index (χ2v) is 5.76. The fourth-order valence-electron chi connectivity index (χ4n) is 1.25. The minimum atomic E-state index is -0.0481. The molecule has 0 radical (unpaired) electrons. The summed E-state index contributed by atoms with van der Waals surface area (Å²) in [5.74, 6) is 0.679. The van der Waals surface area contributed by atoms with Crippen LogP contribution in [-0.4, -0.2) is 10.9 Å².